The van der Waals surface area contributed by atoms with Gasteiger partial charge in [0.25, 0.3) is 0 Å². The summed E-state index contributed by atoms with van der Waals surface area (Å²) in [4.78, 5) is 9.38. The van der Waals surface area contributed by atoms with Crippen LogP contribution >= 0.6 is 7.82 Å². The number of phosphoric acid groups is 1. The molecule has 0 aromatic heterocycles. The zero-order valence-corrected chi connectivity index (χ0v) is 20.1. The van der Waals surface area contributed by atoms with Gasteiger partial charge in [-0.15, -0.1) is 0 Å². The monoisotopic (exact) mass is 468 g/mol. The smallest absolute Gasteiger partial charge is 0.394 e. The lowest BCUT2D eigenvalue weighted by Gasteiger charge is -2.16. The summed E-state index contributed by atoms with van der Waals surface area (Å²) < 4.78 is 26.0. The van der Waals surface area contributed by atoms with E-state index in [9.17, 15) is 14.6 Å². The molecule has 0 aliphatic heterocycles. The van der Waals surface area contributed by atoms with Gasteiger partial charge in [0.1, 0.15) is 12.2 Å². The highest BCUT2D eigenvalue weighted by atomic mass is 31.2. The molecule has 9 heteroatoms. The van der Waals surface area contributed by atoms with Gasteiger partial charge >= 0.3 is 7.82 Å². The quantitative estimate of drug-likeness (QED) is 0.100. The minimum Gasteiger partial charge on any atom is -0.394 e. The van der Waals surface area contributed by atoms with Crippen LogP contribution in [0, 0.1) is 0 Å². The summed E-state index contributed by atoms with van der Waals surface area (Å²) in [7, 11) is -4.38. The molecule has 0 aliphatic carbocycles. The third kappa shape index (κ3) is 22.7. The second-order valence-corrected chi connectivity index (χ2v) is 9.31. The van der Waals surface area contributed by atoms with Gasteiger partial charge in [-0.05, 0) is 32.1 Å². The van der Waals surface area contributed by atoms with E-state index in [1.54, 1.807) is 0 Å². The van der Waals surface area contributed by atoms with E-state index in [0.717, 1.165) is 12.8 Å². The standard InChI is InChI=1S/C22H45O8P/c1-2-3-4-5-6-7-8-9-10-11-12-13-14-15-16-28-18-22(25)20-30-31(26,27)29-19-21(24)17-23/h7-8,21-25H,2-6,9-20H2,1H3,(H,26,27)/b8-7-. The molecule has 0 bridgehead atoms. The highest BCUT2D eigenvalue weighted by molar-refractivity contribution is 7.47. The van der Waals surface area contributed by atoms with Gasteiger partial charge in [-0.1, -0.05) is 64.0 Å². The maximum absolute atomic E-state index is 11.5. The molecule has 4 N–H and O–H groups in total. The Kier molecular flexibility index (Phi) is 21.3. The number of phosphoric ester groups is 1. The Morgan fingerprint density at radius 3 is 1.87 bits per heavy atom. The maximum Gasteiger partial charge on any atom is 0.472 e. The SMILES string of the molecule is CCCCCC/C=C\CCCCCCCCOCC(O)COP(=O)(O)OCC(O)CO. The molecular weight excluding hydrogens is 423 g/mol. The highest BCUT2D eigenvalue weighted by Crippen LogP contribution is 2.43. The number of allylic oxidation sites excluding steroid dienone is 2. The van der Waals surface area contributed by atoms with E-state index in [1.165, 1.54) is 64.2 Å². The second kappa shape index (κ2) is 21.5. The molecule has 0 aliphatic rings. The number of unbranched alkanes of at least 4 members (excludes halogenated alkanes) is 10. The van der Waals surface area contributed by atoms with Crippen molar-refractivity contribution in [2.75, 3.05) is 33.0 Å². The van der Waals surface area contributed by atoms with Crippen LogP contribution in [-0.4, -0.2) is 65.5 Å². The predicted molar refractivity (Wildman–Crippen MR) is 122 cm³/mol. The van der Waals surface area contributed by atoms with E-state index >= 15 is 0 Å². The van der Waals surface area contributed by atoms with Gasteiger partial charge in [-0.2, -0.15) is 0 Å². The fourth-order valence-corrected chi connectivity index (χ4v) is 3.61. The first-order chi connectivity index (χ1) is 14.9. The molecule has 0 saturated heterocycles. The third-order valence-corrected chi connectivity index (χ3v) is 5.63. The molecular formula is C22H45O8P. The first-order valence-corrected chi connectivity index (χ1v) is 13.2. The number of rotatable bonds is 23. The fourth-order valence-electron chi connectivity index (χ4n) is 2.82. The van der Waals surface area contributed by atoms with E-state index in [2.05, 4.69) is 28.1 Å². The number of hydrogen-bond acceptors (Lipinski definition) is 7. The van der Waals surface area contributed by atoms with Crippen molar-refractivity contribution in [1.29, 1.82) is 0 Å². The molecule has 0 radical (unpaired) electrons. The molecule has 31 heavy (non-hydrogen) atoms. The average molecular weight is 469 g/mol. The molecule has 3 atom stereocenters. The van der Waals surface area contributed by atoms with Gasteiger partial charge in [-0.3, -0.25) is 9.05 Å². The van der Waals surface area contributed by atoms with Gasteiger partial charge < -0.3 is 24.9 Å². The van der Waals surface area contributed by atoms with Crippen molar-refractivity contribution in [3.8, 4) is 0 Å². The van der Waals surface area contributed by atoms with E-state index in [1.807, 2.05) is 0 Å². The van der Waals surface area contributed by atoms with E-state index in [-0.39, 0.29) is 6.61 Å². The largest absolute Gasteiger partial charge is 0.472 e. The van der Waals surface area contributed by atoms with E-state index in [4.69, 9.17) is 14.9 Å². The Morgan fingerprint density at radius 2 is 1.29 bits per heavy atom. The third-order valence-electron chi connectivity index (χ3n) is 4.68. The summed E-state index contributed by atoms with van der Waals surface area (Å²) in [5, 5.41) is 27.4. The summed E-state index contributed by atoms with van der Waals surface area (Å²) in [6, 6.07) is 0. The van der Waals surface area contributed by atoms with Crippen LogP contribution in [-0.2, 0) is 18.3 Å². The molecule has 0 fully saturated rings. The van der Waals surface area contributed by atoms with Crippen molar-refractivity contribution < 1.29 is 38.6 Å². The lowest BCUT2D eigenvalue weighted by molar-refractivity contribution is -0.00437. The summed E-state index contributed by atoms with van der Waals surface area (Å²) >= 11 is 0. The van der Waals surface area contributed by atoms with E-state index in [0.29, 0.717) is 6.61 Å². The lowest BCUT2D eigenvalue weighted by Crippen LogP contribution is -2.23. The minimum absolute atomic E-state index is 0.00401. The Balaban J connectivity index is 3.43. The minimum atomic E-state index is -4.38. The Bertz CT molecular complexity index is 461. The van der Waals surface area contributed by atoms with E-state index < -0.39 is 39.9 Å². The predicted octanol–water partition coefficient (Wildman–Crippen LogP) is 4.11. The molecule has 0 amide bonds. The van der Waals surface area contributed by atoms with Crippen LogP contribution in [0.4, 0.5) is 0 Å². The molecule has 0 heterocycles. The summed E-state index contributed by atoms with van der Waals surface area (Å²) in [5.74, 6) is 0. The summed E-state index contributed by atoms with van der Waals surface area (Å²) in [5.41, 5.74) is 0. The van der Waals surface area contributed by atoms with Crippen LogP contribution in [0.1, 0.15) is 84.0 Å². The normalized spacial score (nSPS) is 15.9. The van der Waals surface area contributed by atoms with Crippen LogP contribution < -0.4 is 0 Å². The molecule has 0 aromatic rings. The summed E-state index contributed by atoms with van der Waals surface area (Å²) in [6.45, 7) is 1.21. The van der Waals surface area contributed by atoms with Gasteiger partial charge in [0, 0.05) is 6.61 Å². The van der Waals surface area contributed by atoms with Crippen molar-refractivity contribution in [1.82, 2.24) is 0 Å². The first kappa shape index (κ1) is 30.7. The average Bonchev–Trinajstić information content (AvgIpc) is 2.76. The van der Waals surface area contributed by atoms with Crippen LogP contribution in [0.25, 0.3) is 0 Å². The highest BCUT2D eigenvalue weighted by Gasteiger charge is 2.24. The molecule has 3 unspecified atom stereocenters. The fraction of sp³-hybridized carbons (Fsp3) is 0.909. The number of aliphatic hydroxyl groups excluding tert-OH is 3. The Hall–Kier alpha value is -0.310. The van der Waals surface area contributed by atoms with Crippen molar-refractivity contribution >= 4 is 7.82 Å². The molecule has 0 spiro atoms. The zero-order chi connectivity index (χ0) is 23.2. The lowest BCUT2D eigenvalue weighted by atomic mass is 10.1. The Morgan fingerprint density at radius 1 is 0.774 bits per heavy atom. The van der Waals surface area contributed by atoms with Crippen LogP contribution in [0.5, 0.6) is 0 Å². The zero-order valence-electron chi connectivity index (χ0n) is 19.2. The molecule has 0 rings (SSSR count). The number of hydrogen-bond donors (Lipinski definition) is 4. The van der Waals surface area contributed by atoms with Crippen molar-refractivity contribution in [3.63, 3.8) is 0 Å². The molecule has 0 saturated carbocycles. The topological polar surface area (TPSA) is 126 Å². The Labute approximate surface area is 188 Å². The van der Waals surface area contributed by atoms with Crippen LogP contribution in [0.2, 0.25) is 0 Å². The van der Waals surface area contributed by atoms with Crippen molar-refractivity contribution in [3.05, 3.63) is 12.2 Å². The molecule has 186 valence electrons. The number of ether oxygens (including phenoxy) is 1. The number of aliphatic hydroxyl groups is 3. The summed E-state index contributed by atoms with van der Waals surface area (Å²) in [6.07, 6.45) is 16.8. The van der Waals surface area contributed by atoms with Crippen LogP contribution in [0.15, 0.2) is 12.2 Å². The van der Waals surface area contributed by atoms with Gasteiger partial charge in [0.15, 0.2) is 0 Å². The molecule has 0 aromatic carbocycles. The van der Waals surface area contributed by atoms with Crippen molar-refractivity contribution in [2.45, 2.75) is 96.2 Å². The molecule has 8 nitrogen and oxygen atoms in total. The van der Waals surface area contributed by atoms with Gasteiger partial charge in [0.2, 0.25) is 0 Å². The second-order valence-electron chi connectivity index (χ2n) is 7.86. The van der Waals surface area contributed by atoms with Crippen molar-refractivity contribution in [2.24, 2.45) is 0 Å². The maximum atomic E-state index is 11.5. The first-order valence-electron chi connectivity index (χ1n) is 11.7. The van der Waals surface area contributed by atoms with Gasteiger partial charge in [-0.25, -0.2) is 4.57 Å². The van der Waals surface area contributed by atoms with Gasteiger partial charge in [0.05, 0.1) is 26.4 Å². The van der Waals surface area contributed by atoms with Crippen LogP contribution in [0.3, 0.4) is 0 Å².